The van der Waals surface area contributed by atoms with Crippen molar-refractivity contribution in [3.8, 4) is 0 Å². The number of hydrogen-bond acceptors (Lipinski definition) is 5. The molecule has 28 heavy (non-hydrogen) atoms. The molecule has 148 valence electrons. The molecule has 0 unspecified atom stereocenters. The van der Waals surface area contributed by atoms with E-state index in [0.29, 0.717) is 12.1 Å². The third-order valence-electron chi connectivity index (χ3n) is 4.87. The quantitative estimate of drug-likeness (QED) is 0.469. The molecule has 0 saturated carbocycles. The number of rotatable bonds is 8. The highest BCUT2D eigenvalue weighted by molar-refractivity contribution is 7.98. The van der Waals surface area contributed by atoms with Crippen molar-refractivity contribution in [1.82, 2.24) is 9.88 Å². The third kappa shape index (κ3) is 4.57. The summed E-state index contributed by atoms with van der Waals surface area (Å²) >= 11 is 3.28. The van der Waals surface area contributed by atoms with Gasteiger partial charge in [-0.3, -0.25) is 9.69 Å². The van der Waals surface area contributed by atoms with Crippen molar-refractivity contribution in [1.29, 1.82) is 0 Å². The van der Waals surface area contributed by atoms with Crippen molar-refractivity contribution in [2.75, 3.05) is 37.3 Å². The largest absolute Gasteiger partial charge is 0.302 e. The normalized spacial score (nSPS) is 11.3. The minimum Gasteiger partial charge on any atom is -0.302 e. The molecule has 1 aromatic heterocycles. The molecule has 6 heteroatoms. The Morgan fingerprint density at radius 1 is 1.11 bits per heavy atom. The Labute approximate surface area is 175 Å². The smallest absolute Gasteiger partial charge is 0.260 e. The van der Waals surface area contributed by atoms with Crippen LogP contribution in [0.5, 0.6) is 0 Å². The summed E-state index contributed by atoms with van der Waals surface area (Å²) in [6, 6.07) is 14.0. The molecule has 0 fully saturated rings. The zero-order chi connectivity index (χ0) is 20.1. The van der Waals surface area contributed by atoms with Crippen molar-refractivity contribution in [3.63, 3.8) is 0 Å². The number of likely N-dealkylation sites (N-methyl/N-ethyl adjacent to an activating group) is 1. The molecule has 0 spiro atoms. The number of amides is 1. The lowest BCUT2D eigenvalue weighted by molar-refractivity contribution is 0.0983. The first kappa shape index (κ1) is 20.8. The lowest BCUT2D eigenvalue weighted by atomic mass is 10.1. The predicted molar refractivity (Wildman–Crippen MR) is 122 cm³/mol. The molecular formula is C22H27N3OS2. The molecule has 0 saturated heterocycles. The predicted octanol–water partition coefficient (Wildman–Crippen LogP) is 5.32. The molecule has 3 rings (SSSR count). The fraction of sp³-hybridized carbons (Fsp3) is 0.364. The van der Waals surface area contributed by atoms with E-state index in [2.05, 4.69) is 43.2 Å². The number of hydrogen-bond donors (Lipinski definition) is 0. The van der Waals surface area contributed by atoms with Gasteiger partial charge in [-0.05, 0) is 50.5 Å². The number of aromatic nitrogens is 1. The van der Waals surface area contributed by atoms with Gasteiger partial charge in [-0.1, -0.05) is 48.9 Å². The van der Waals surface area contributed by atoms with E-state index in [4.69, 9.17) is 4.98 Å². The molecular weight excluding hydrogens is 386 g/mol. The number of nitrogens with zero attached hydrogens (tertiary/aromatic N) is 3. The van der Waals surface area contributed by atoms with Crippen LogP contribution >= 0.6 is 23.1 Å². The summed E-state index contributed by atoms with van der Waals surface area (Å²) in [5, 5.41) is 0.773. The fourth-order valence-corrected chi connectivity index (χ4v) is 4.84. The summed E-state index contributed by atoms with van der Waals surface area (Å²) in [6.45, 7) is 9.72. The molecule has 0 aliphatic rings. The van der Waals surface area contributed by atoms with Gasteiger partial charge in [-0.25, -0.2) is 4.98 Å². The molecule has 0 bridgehead atoms. The summed E-state index contributed by atoms with van der Waals surface area (Å²) in [6.07, 6.45) is 2.06. The second-order valence-electron chi connectivity index (χ2n) is 6.66. The summed E-state index contributed by atoms with van der Waals surface area (Å²) in [5.74, 6) is 0.0145. The number of carbonyl (C=O) groups excluding carboxylic acids is 1. The molecule has 0 aliphatic carbocycles. The van der Waals surface area contributed by atoms with E-state index in [1.165, 1.54) is 0 Å². The summed E-state index contributed by atoms with van der Waals surface area (Å²) < 4.78 is 1.12. The standard InChI is InChI=1S/C22H27N3OS2/c1-5-24(6-2)13-14-25(21(26)17-10-7-9-16(3)15-17)22-23-20-18(27-4)11-8-12-19(20)28-22/h7-12,15H,5-6,13-14H2,1-4H3. The number of thiazole rings is 1. The molecule has 0 atom stereocenters. The highest BCUT2D eigenvalue weighted by atomic mass is 32.2. The highest BCUT2D eigenvalue weighted by Crippen LogP contribution is 2.34. The lowest BCUT2D eigenvalue weighted by Crippen LogP contribution is -2.38. The van der Waals surface area contributed by atoms with Crippen LogP contribution in [0.2, 0.25) is 0 Å². The Morgan fingerprint density at radius 2 is 1.86 bits per heavy atom. The number of anilines is 1. The Hall–Kier alpha value is -1.89. The van der Waals surface area contributed by atoms with Gasteiger partial charge in [-0.15, -0.1) is 11.8 Å². The van der Waals surface area contributed by atoms with Crippen LogP contribution in [0, 0.1) is 6.92 Å². The Bertz CT molecular complexity index is 950. The van der Waals surface area contributed by atoms with Gasteiger partial charge in [0.1, 0.15) is 0 Å². The minimum absolute atomic E-state index is 0.0145. The summed E-state index contributed by atoms with van der Waals surface area (Å²) in [7, 11) is 0. The van der Waals surface area contributed by atoms with Gasteiger partial charge in [-0.2, -0.15) is 0 Å². The van der Waals surface area contributed by atoms with Crippen LogP contribution in [-0.4, -0.2) is 48.2 Å². The van der Waals surface area contributed by atoms with Gasteiger partial charge >= 0.3 is 0 Å². The summed E-state index contributed by atoms with van der Waals surface area (Å²) in [4.78, 5) is 23.6. The van der Waals surface area contributed by atoms with Gasteiger partial charge in [0.05, 0.1) is 10.2 Å². The topological polar surface area (TPSA) is 36.4 Å². The third-order valence-corrected chi connectivity index (χ3v) is 6.68. The first-order valence-electron chi connectivity index (χ1n) is 9.61. The number of thioether (sulfide) groups is 1. The van der Waals surface area contributed by atoms with Gasteiger partial charge in [0.25, 0.3) is 5.91 Å². The van der Waals surface area contributed by atoms with E-state index in [-0.39, 0.29) is 5.91 Å². The Balaban J connectivity index is 1.99. The van der Waals surface area contributed by atoms with Crippen LogP contribution in [0.15, 0.2) is 47.4 Å². The van der Waals surface area contributed by atoms with Crippen LogP contribution in [0.4, 0.5) is 5.13 Å². The second-order valence-corrected chi connectivity index (χ2v) is 8.51. The van der Waals surface area contributed by atoms with Crippen LogP contribution in [0.1, 0.15) is 29.8 Å². The van der Waals surface area contributed by atoms with Crippen molar-refractivity contribution < 1.29 is 4.79 Å². The first-order chi connectivity index (χ1) is 13.6. The Kier molecular flexibility index (Phi) is 7.10. The van der Waals surface area contributed by atoms with E-state index in [0.717, 1.165) is 45.4 Å². The van der Waals surface area contributed by atoms with E-state index in [9.17, 15) is 4.79 Å². The SMILES string of the molecule is CCN(CC)CCN(C(=O)c1cccc(C)c1)c1nc2c(SC)cccc2s1. The van der Waals surface area contributed by atoms with E-state index in [1.54, 1.807) is 23.1 Å². The zero-order valence-corrected chi connectivity index (χ0v) is 18.6. The van der Waals surface area contributed by atoms with Gasteiger partial charge in [0.2, 0.25) is 0 Å². The van der Waals surface area contributed by atoms with E-state index < -0.39 is 0 Å². The molecule has 3 aromatic rings. The monoisotopic (exact) mass is 413 g/mol. The molecule has 4 nitrogen and oxygen atoms in total. The van der Waals surface area contributed by atoms with Gasteiger partial charge < -0.3 is 4.90 Å². The number of benzene rings is 2. The average molecular weight is 414 g/mol. The maximum Gasteiger partial charge on any atom is 0.260 e. The number of fused-ring (bicyclic) bond motifs is 1. The van der Waals surface area contributed by atoms with Crippen LogP contribution in [0.25, 0.3) is 10.2 Å². The second kappa shape index (κ2) is 9.54. The molecule has 1 amide bonds. The maximum atomic E-state index is 13.4. The zero-order valence-electron chi connectivity index (χ0n) is 16.9. The van der Waals surface area contributed by atoms with Crippen LogP contribution in [0.3, 0.4) is 0 Å². The van der Waals surface area contributed by atoms with Crippen molar-refractivity contribution in [2.45, 2.75) is 25.7 Å². The molecule has 0 aliphatic heterocycles. The van der Waals surface area contributed by atoms with Crippen LogP contribution < -0.4 is 4.90 Å². The average Bonchev–Trinajstić information content (AvgIpc) is 3.14. The highest BCUT2D eigenvalue weighted by Gasteiger charge is 2.22. The van der Waals surface area contributed by atoms with E-state index in [1.807, 2.05) is 36.1 Å². The van der Waals surface area contributed by atoms with E-state index >= 15 is 0 Å². The molecule has 1 heterocycles. The van der Waals surface area contributed by atoms with Gasteiger partial charge in [0.15, 0.2) is 5.13 Å². The maximum absolute atomic E-state index is 13.4. The molecule has 2 aromatic carbocycles. The fourth-order valence-electron chi connectivity index (χ4n) is 3.19. The lowest BCUT2D eigenvalue weighted by Gasteiger charge is -2.24. The van der Waals surface area contributed by atoms with Crippen molar-refractivity contribution in [3.05, 3.63) is 53.6 Å². The molecule has 0 N–H and O–H groups in total. The van der Waals surface area contributed by atoms with Crippen molar-refractivity contribution >= 4 is 44.4 Å². The summed E-state index contributed by atoms with van der Waals surface area (Å²) in [5.41, 5.74) is 2.78. The number of carbonyl (C=O) groups is 1. The molecule has 0 radical (unpaired) electrons. The van der Waals surface area contributed by atoms with Crippen LogP contribution in [-0.2, 0) is 0 Å². The Morgan fingerprint density at radius 3 is 2.54 bits per heavy atom. The van der Waals surface area contributed by atoms with Crippen molar-refractivity contribution in [2.24, 2.45) is 0 Å². The number of aryl methyl sites for hydroxylation is 1. The number of para-hydroxylation sites is 1. The first-order valence-corrected chi connectivity index (χ1v) is 11.7. The minimum atomic E-state index is 0.0145. The van der Waals surface area contributed by atoms with Gasteiger partial charge in [0, 0.05) is 23.5 Å².